The predicted molar refractivity (Wildman–Crippen MR) is 50.9 cm³/mol. The van der Waals surface area contributed by atoms with E-state index in [2.05, 4.69) is 0 Å². The maximum Gasteiger partial charge on any atom is 0.299 e. The summed E-state index contributed by atoms with van der Waals surface area (Å²) in [5, 5.41) is 0. The number of ether oxygens (including phenoxy) is 1. The number of piperidine rings is 1. The molecule has 6 heteroatoms. The lowest BCUT2D eigenvalue weighted by molar-refractivity contribution is 0.0189. The second kappa shape index (κ2) is 4.13. The standard InChI is InChI=1S/C7H14ClNO3S/c1-6-3-4-9(13(8,10)11)5-7(6)12-2/h6-7H,3-5H2,1-2H3. The molecule has 1 aliphatic rings. The first kappa shape index (κ1) is 11.2. The van der Waals surface area contributed by atoms with Crippen molar-refractivity contribution < 1.29 is 13.2 Å². The van der Waals surface area contributed by atoms with Gasteiger partial charge in [-0.25, -0.2) is 0 Å². The van der Waals surface area contributed by atoms with E-state index < -0.39 is 9.24 Å². The summed E-state index contributed by atoms with van der Waals surface area (Å²) in [7, 11) is 3.25. The number of methoxy groups -OCH3 is 1. The summed E-state index contributed by atoms with van der Waals surface area (Å²) in [6.07, 6.45) is 0.757. The van der Waals surface area contributed by atoms with Gasteiger partial charge in [0.05, 0.1) is 6.10 Å². The summed E-state index contributed by atoms with van der Waals surface area (Å²) >= 11 is 0. The van der Waals surface area contributed by atoms with Gasteiger partial charge in [-0.05, 0) is 12.3 Å². The maximum absolute atomic E-state index is 11.0. The lowest BCUT2D eigenvalue weighted by Crippen LogP contribution is -2.44. The molecule has 0 aromatic heterocycles. The lowest BCUT2D eigenvalue weighted by Gasteiger charge is -2.33. The molecule has 1 aliphatic heterocycles. The van der Waals surface area contributed by atoms with Crippen LogP contribution in [0.3, 0.4) is 0 Å². The molecule has 0 aromatic carbocycles. The van der Waals surface area contributed by atoms with Crippen LogP contribution in [0.2, 0.25) is 0 Å². The molecule has 0 aromatic rings. The van der Waals surface area contributed by atoms with Crippen LogP contribution in [0.1, 0.15) is 13.3 Å². The second-order valence-corrected chi connectivity index (χ2v) is 5.85. The van der Waals surface area contributed by atoms with Crippen molar-refractivity contribution in [1.82, 2.24) is 4.31 Å². The molecule has 0 amide bonds. The first-order valence-electron chi connectivity index (χ1n) is 4.17. The molecule has 0 N–H and O–H groups in total. The van der Waals surface area contributed by atoms with Crippen LogP contribution in [0, 0.1) is 5.92 Å². The maximum atomic E-state index is 11.0. The van der Waals surface area contributed by atoms with Gasteiger partial charge >= 0.3 is 0 Å². The van der Waals surface area contributed by atoms with E-state index in [4.69, 9.17) is 15.4 Å². The van der Waals surface area contributed by atoms with Gasteiger partial charge in [0, 0.05) is 30.9 Å². The van der Waals surface area contributed by atoms with Crippen molar-refractivity contribution in [2.45, 2.75) is 19.4 Å². The summed E-state index contributed by atoms with van der Waals surface area (Å²) in [5.41, 5.74) is 0. The highest BCUT2D eigenvalue weighted by atomic mass is 35.7. The van der Waals surface area contributed by atoms with Gasteiger partial charge in [0.2, 0.25) is 0 Å². The molecule has 2 unspecified atom stereocenters. The van der Waals surface area contributed by atoms with Crippen molar-refractivity contribution in [2.24, 2.45) is 5.92 Å². The zero-order valence-electron chi connectivity index (χ0n) is 7.73. The SMILES string of the molecule is COC1CN(S(=O)(=O)Cl)CCC1C. The number of hydrogen-bond acceptors (Lipinski definition) is 3. The van der Waals surface area contributed by atoms with Crippen molar-refractivity contribution in [3.63, 3.8) is 0 Å². The van der Waals surface area contributed by atoms with Crippen LogP contribution in [-0.2, 0) is 14.0 Å². The number of hydrogen-bond donors (Lipinski definition) is 0. The molecule has 1 saturated heterocycles. The molecular weight excluding hydrogens is 214 g/mol. The van der Waals surface area contributed by atoms with E-state index in [1.165, 1.54) is 4.31 Å². The highest BCUT2D eigenvalue weighted by molar-refractivity contribution is 8.11. The smallest absolute Gasteiger partial charge is 0.299 e. The Balaban J connectivity index is 2.65. The summed E-state index contributed by atoms with van der Waals surface area (Å²) in [5.74, 6) is 0.389. The van der Waals surface area contributed by atoms with E-state index in [9.17, 15) is 8.42 Å². The summed E-state index contributed by atoms with van der Waals surface area (Å²) in [6.45, 7) is 2.91. The van der Waals surface area contributed by atoms with Gasteiger partial charge < -0.3 is 4.74 Å². The average molecular weight is 228 g/mol. The first-order chi connectivity index (χ1) is 5.95. The minimum Gasteiger partial charge on any atom is -0.380 e. The minimum atomic E-state index is -3.57. The zero-order valence-corrected chi connectivity index (χ0v) is 9.31. The van der Waals surface area contributed by atoms with Crippen LogP contribution >= 0.6 is 10.7 Å². The third-order valence-corrected chi connectivity index (χ3v) is 4.00. The molecule has 0 aliphatic carbocycles. The average Bonchev–Trinajstić information content (AvgIpc) is 2.03. The molecule has 13 heavy (non-hydrogen) atoms. The van der Waals surface area contributed by atoms with Gasteiger partial charge in [0.25, 0.3) is 9.24 Å². The van der Waals surface area contributed by atoms with E-state index in [0.717, 1.165) is 6.42 Å². The summed E-state index contributed by atoms with van der Waals surface area (Å²) in [4.78, 5) is 0. The van der Waals surface area contributed by atoms with E-state index in [0.29, 0.717) is 19.0 Å². The van der Waals surface area contributed by atoms with Crippen LogP contribution in [-0.4, -0.2) is 39.0 Å². The Bertz CT molecular complexity index is 267. The second-order valence-electron chi connectivity index (χ2n) is 3.34. The molecule has 0 spiro atoms. The number of nitrogens with zero attached hydrogens (tertiary/aromatic N) is 1. The molecule has 4 nitrogen and oxygen atoms in total. The van der Waals surface area contributed by atoms with E-state index >= 15 is 0 Å². The molecule has 2 atom stereocenters. The minimum absolute atomic E-state index is 0.0396. The topological polar surface area (TPSA) is 46.6 Å². The fourth-order valence-corrected chi connectivity index (χ4v) is 2.53. The Morgan fingerprint density at radius 3 is 2.62 bits per heavy atom. The zero-order chi connectivity index (χ0) is 10.1. The quantitative estimate of drug-likeness (QED) is 0.657. The van der Waals surface area contributed by atoms with E-state index in [-0.39, 0.29) is 6.10 Å². The fraction of sp³-hybridized carbons (Fsp3) is 1.00. The van der Waals surface area contributed by atoms with Gasteiger partial charge in [-0.2, -0.15) is 12.7 Å². The Hall–Kier alpha value is 0.160. The van der Waals surface area contributed by atoms with Crippen molar-refractivity contribution in [3.05, 3.63) is 0 Å². The van der Waals surface area contributed by atoms with Gasteiger partial charge in [0.1, 0.15) is 0 Å². The van der Waals surface area contributed by atoms with E-state index in [1.54, 1.807) is 7.11 Å². The van der Waals surface area contributed by atoms with Crippen LogP contribution in [0.15, 0.2) is 0 Å². The first-order valence-corrected chi connectivity index (χ1v) is 6.44. The Morgan fingerprint density at radius 1 is 1.54 bits per heavy atom. The van der Waals surface area contributed by atoms with Gasteiger partial charge in [-0.15, -0.1) is 0 Å². The van der Waals surface area contributed by atoms with Crippen molar-refractivity contribution in [1.29, 1.82) is 0 Å². The largest absolute Gasteiger partial charge is 0.380 e. The van der Waals surface area contributed by atoms with Gasteiger partial charge in [0.15, 0.2) is 0 Å². The van der Waals surface area contributed by atoms with Crippen LogP contribution in [0.4, 0.5) is 0 Å². The molecule has 78 valence electrons. The molecular formula is C7H14ClNO3S. The fourth-order valence-electron chi connectivity index (χ4n) is 1.51. The van der Waals surface area contributed by atoms with Gasteiger partial charge in [-0.3, -0.25) is 0 Å². The Kier molecular flexibility index (Phi) is 3.57. The van der Waals surface area contributed by atoms with Crippen molar-refractivity contribution >= 4 is 19.9 Å². The van der Waals surface area contributed by atoms with Crippen LogP contribution < -0.4 is 0 Å². The van der Waals surface area contributed by atoms with Crippen molar-refractivity contribution in [2.75, 3.05) is 20.2 Å². The summed E-state index contributed by atoms with van der Waals surface area (Å²) < 4.78 is 28.4. The molecule has 0 bridgehead atoms. The molecule has 1 fully saturated rings. The Morgan fingerprint density at radius 2 is 2.15 bits per heavy atom. The highest BCUT2D eigenvalue weighted by Crippen LogP contribution is 2.22. The molecule has 0 saturated carbocycles. The molecule has 1 heterocycles. The predicted octanol–water partition coefficient (Wildman–Crippen LogP) is 0.827. The molecule has 1 rings (SSSR count). The van der Waals surface area contributed by atoms with Crippen molar-refractivity contribution in [3.8, 4) is 0 Å². The van der Waals surface area contributed by atoms with Crippen LogP contribution in [0.5, 0.6) is 0 Å². The normalized spacial score (nSPS) is 31.9. The third-order valence-electron chi connectivity index (χ3n) is 2.46. The van der Waals surface area contributed by atoms with E-state index in [1.807, 2.05) is 6.92 Å². The molecule has 0 radical (unpaired) electrons. The number of rotatable bonds is 2. The Labute approximate surface area is 83.4 Å². The van der Waals surface area contributed by atoms with Crippen LogP contribution in [0.25, 0.3) is 0 Å². The monoisotopic (exact) mass is 227 g/mol. The highest BCUT2D eigenvalue weighted by Gasteiger charge is 2.31. The van der Waals surface area contributed by atoms with Gasteiger partial charge in [-0.1, -0.05) is 6.92 Å². The summed E-state index contributed by atoms with van der Waals surface area (Å²) in [6, 6.07) is 0. The third kappa shape index (κ3) is 2.80. The number of halogens is 1. The lowest BCUT2D eigenvalue weighted by atomic mass is 9.97.